The first kappa shape index (κ1) is 4.45. The molecule has 0 aliphatic carbocycles. The minimum atomic E-state index is 0.405. The lowest BCUT2D eigenvalue weighted by atomic mass is 10.9. The number of nitrogens with zero attached hydrogens (tertiary/aromatic N) is 3. The Labute approximate surface area is 45.1 Å². The van der Waals surface area contributed by atoms with E-state index in [4.69, 9.17) is 5.21 Å². The molecule has 1 aromatic heterocycles. The van der Waals surface area contributed by atoms with Gasteiger partial charge in [0.05, 0.1) is 0 Å². The second-order valence-corrected chi connectivity index (χ2v) is 1.46. The van der Waals surface area contributed by atoms with E-state index in [1.807, 2.05) is 0 Å². The molecule has 0 amide bonds. The number of thiol groups is 1. The monoisotopic (exact) mass is 117 g/mol. The molecule has 0 fully saturated rings. The predicted molar refractivity (Wildman–Crippen MR) is 24.5 cm³/mol. The predicted octanol–water partition coefficient (Wildman–Crippen LogP) is -0.196. The fourth-order valence-corrected chi connectivity index (χ4v) is 0.390. The molecule has 0 unspecified atom stereocenters. The molecule has 5 heteroatoms. The number of hydrogen-bond donors (Lipinski definition) is 2. The minimum absolute atomic E-state index is 0.405. The molecule has 0 aliphatic heterocycles. The highest BCUT2D eigenvalue weighted by Gasteiger charge is 1.87. The number of aromatic nitrogens is 3. The lowest BCUT2D eigenvalue weighted by Gasteiger charge is -1.74. The van der Waals surface area contributed by atoms with E-state index in [2.05, 4.69) is 22.9 Å². The minimum Gasteiger partial charge on any atom is -0.410 e. The van der Waals surface area contributed by atoms with E-state index in [1.54, 1.807) is 0 Å². The van der Waals surface area contributed by atoms with Gasteiger partial charge in [-0.1, -0.05) is 4.85 Å². The lowest BCUT2D eigenvalue weighted by molar-refractivity contribution is 0.143. The third-order valence-corrected chi connectivity index (χ3v) is 0.675. The van der Waals surface area contributed by atoms with Gasteiger partial charge in [0.2, 0.25) is 0 Å². The molecule has 1 rings (SSSR count). The van der Waals surface area contributed by atoms with Gasteiger partial charge in [0.1, 0.15) is 11.2 Å². The van der Waals surface area contributed by atoms with Gasteiger partial charge in [-0.25, -0.2) is 0 Å². The summed E-state index contributed by atoms with van der Waals surface area (Å²) in [4.78, 5) is 0.600. The van der Waals surface area contributed by atoms with Gasteiger partial charge in [0, 0.05) is 0 Å². The smallest absolute Gasteiger partial charge is 0.139 e. The summed E-state index contributed by atoms with van der Waals surface area (Å²) in [5.74, 6) is 0. The average molecular weight is 117 g/mol. The van der Waals surface area contributed by atoms with E-state index in [9.17, 15) is 0 Å². The van der Waals surface area contributed by atoms with Gasteiger partial charge in [0.25, 0.3) is 0 Å². The van der Waals surface area contributed by atoms with Gasteiger partial charge in [-0.3, -0.25) is 0 Å². The van der Waals surface area contributed by atoms with Crippen molar-refractivity contribution in [1.29, 1.82) is 0 Å². The van der Waals surface area contributed by atoms with Gasteiger partial charge in [-0.05, 0) is 5.21 Å². The molecular weight excluding hydrogens is 114 g/mol. The van der Waals surface area contributed by atoms with Crippen molar-refractivity contribution >= 4 is 12.6 Å². The highest BCUT2D eigenvalue weighted by molar-refractivity contribution is 7.80. The Bertz CT molecular complexity index is 145. The Kier molecular flexibility index (Phi) is 0.900. The molecule has 0 atom stereocenters. The first-order chi connectivity index (χ1) is 3.29. The molecule has 0 saturated heterocycles. The largest absolute Gasteiger partial charge is 0.410 e. The second kappa shape index (κ2) is 1.42. The third-order valence-electron chi connectivity index (χ3n) is 0.470. The molecule has 0 saturated carbocycles. The van der Waals surface area contributed by atoms with Crippen LogP contribution >= 0.6 is 12.6 Å². The topological polar surface area (TPSA) is 50.9 Å². The highest BCUT2D eigenvalue weighted by Crippen LogP contribution is 1.93. The zero-order chi connectivity index (χ0) is 5.28. The van der Waals surface area contributed by atoms with Crippen LogP contribution in [-0.2, 0) is 0 Å². The molecule has 0 aromatic carbocycles. The molecule has 0 bridgehead atoms. The lowest BCUT2D eigenvalue weighted by Crippen LogP contribution is -1.88. The molecule has 0 spiro atoms. The van der Waals surface area contributed by atoms with Crippen LogP contribution in [0.1, 0.15) is 0 Å². The summed E-state index contributed by atoms with van der Waals surface area (Å²) in [6.45, 7) is 0. The van der Waals surface area contributed by atoms with Crippen LogP contribution in [0.25, 0.3) is 0 Å². The fourth-order valence-electron chi connectivity index (χ4n) is 0.247. The zero-order valence-electron chi connectivity index (χ0n) is 3.31. The molecule has 38 valence electrons. The Hall–Kier alpha value is -0.710. The molecule has 1 aromatic rings. The zero-order valence-corrected chi connectivity index (χ0v) is 4.21. The van der Waals surface area contributed by atoms with Crippen LogP contribution in [0.3, 0.4) is 0 Å². The average Bonchev–Trinajstić information content (AvgIpc) is 1.87. The van der Waals surface area contributed by atoms with Crippen molar-refractivity contribution in [3.8, 4) is 0 Å². The maximum Gasteiger partial charge on any atom is 0.139 e. The van der Waals surface area contributed by atoms with Gasteiger partial charge < -0.3 is 5.21 Å². The summed E-state index contributed by atoms with van der Waals surface area (Å²) < 4.78 is 0. The Morgan fingerprint density at radius 2 is 2.57 bits per heavy atom. The molecule has 7 heavy (non-hydrogen) atoms. The molecule has 4 nitrogen and oxygen atoms in total. The van der Waals surface area contributed by atoms with E-state index in [0.29, 0.717) is 9.87 Å². The van der Waals surface area contributed by atoms with Crippen LogP contribution in [0.2, 0.25) is 0 Å². The van der Waals surface area contributed by atoms with Gasteiger partial charge >= 0.3 is 0 Å². The molecule has 0 aliphatic rings. The maximum atomic E-state index is 8.35. The fraction of sp³-hybridized carbons (Fsp3) is 0. The van der Waals surface area contributed by atoms with E-state index in [1.165, 1.54) is 6.20 Å². The Balaban J connectivity index is 3.04. The van der Waals surface area contributed by atoms with Crippen molar-refractivity contribution in [2.75, 3.05) is 0 Å². The van der Waals surface area contributed by atoms with Crippen molar-refractivity contribution in [1.82, 2.24) is 15.2 Å². The summed E-state index contributed by atoms with van der Waals surface area (Å²) in [5.41, 5.74) is 0. The van der Waals surface area contributed by atoms with Crippen LogP contribution in [0.5, 0.6) is 0 Å². The Morgan fingerprint density at radius 1 is 1.86 bits per heavy atom. The maximum absolute atomic E-state index is 8.35. The van der Waals surface area contributed by atoms with Gasteiger partial charge in [-0.2, -0.15) is 0 Å². The third kappa shape index (κ3) is 0.833. The van der Waals surface area contributed by atoms with Crippen LogP contribution in [0, 0.1) is 0 Å². The van der Waals surface area contributed by atoms with Crippen LogP contribution in [0.4, 0.5) is 0 Å². The van der Waals surface area contributed by atoms with Crippen LogP contribution in [0.15, 0.2) is 11.2 Å². The van der Waals surface area contributed by atoms with Gasteiger partial charge in [-0.15, -0.1) is 17.7 Å². The highest BCUT2D eigenvalue weighted by atomic mass is 32.1. The standard InChI is InChI=1S/C2H3N3OS/c6-5-1-2(7)3-4-5/h1,6-7H. The van der Waals surface area contributed by atoms with E-state index >= 15 is 0 Å². The van der Waals surface area contributed by atoms with Crippen LogP contribution in [-0.4, -0.2) is 20.4 Å². The van der Waals surface area contributed by atoms with Crippen molar-refractivity contribution in [2.24, 2.45) is 0 Å². The van der Waals surface area contributed by atoms with Crippen molar-refractivity contribution in [2.45, 2.75) is 5.03 Å². The summed E-state index contributed by atoms with van der Waals surface area (Å²) in [6.07, 6.45) is 1.28. The molecule has 0 radical (unpaired) electrons. The summed E-state index contributed by atoms with van der Waals surface area (Å²) in [5, 5.41) is 15.3. The van der Waals surface area contributed by atoms with Crippen LogP contribution < -0.4 is 0 Å². The molecule has 1 heterocycles. The molecular formula is C2H3N3OS. The van der Waals surface area contributed by atoms with Crippen molar-refractivity contribution < 1.29 is 5.21 Å². The van der Waals surface area contributed by atoms with Gasteiger partial charge in [0.15, 0.2) is 0 Å². The number of hydrogen-bond acceptors (Lipinski definition) is 4. The van der Waals surface area contributed by atoms with Crippen molar-refractivity contribution in [3.05, 3.63) is 6.20 Å². The summed E-state index contributed by atoms with van der Waals surface area (Å²) >= 11 is 3.75. The normalized spacial score (nSPS) is 9.29. The van der Waals surface area contributed by atoms with E-state index in [-0.39, 0.29) is 0 Å². The first-order valence-electron chi connectivity index (χ1n) is 1.59. The van der Waals surface area contributed by atoms with E-state index < -0.39 is 0 Å². The first-order valence-corrected chi connectivity index (χ1v) is 2.04. The second-order valence-electron chi connectivity index (χ2n) is 0.997. The van der Waals surface area contributed by atoms with Crippen molar-refractivity contribution in [3.63, 3.8) is 0 Å². The summed E-state index contributed by atoms with van der Waals surface area (Å²) in [6, 6.07) is 0. The number of rotatable bonds is 0. The Morgan fingerprint density at radius 3 is 2.71 bits per heavy atom. The molecule has 1 N–H and O–H groups in total. The quantitative estimate of drug-likeness (QED) is 0.365. The van der Waals surface area contributed by atoms with E-state index in [0.717, 1.165) is 0 Å². The SMILES string of the molecule is On1cc(S)nn1. The summed E-state index contributed by atoms with van der Waals surface area (Å²) in [7, 11) is 0.